The van der Waals surface area contributed by atoms with Crippen LogP contribution >= 0.6 is 0 Å². The highest BCUT2D eigenvalue weighted by Crippen LogP contribution is 2.28. The van der Waals surface area contributed by atoms with Gasteiger partial charge in [-0.25, -0.2) is 0 Å². The molecule has 0 saturated carbocycles. The molecule has 2 unspecified atom stereocenters. The number of carbonyl (C=O) groups excluding carboxylic acids is 1. The Kier molecular flexibility index (Phi) is 4.67. The van der Waals surface area contributed by atoms with Crippen molar-refractivity contribution in [3.63, 3.8) is 0 Å². The Morgan fingerprint density at radius 1 is 1.27 bits per heavy atom. The second-order valence-corrected chi connectivity index (χ2v) is 6.55. The van der Waals surface area contributed by atoms with Crippen molar-refractivity contribution in [3.05, 3.63) is 29.3 Å². The number of hydrogen-bond donors (Lipinski definition) is 1. The Morgan fingerprint density at radius 3 is 2.95 bits per heavy atom. The topological polar surface area (TPSA) is 41.6 Å². The van der Waals surface area contributed by atoms with Crippen LogP contribution in [0.3, 0.4) is 0 Å². The van der Waals surface area contributed by atoms with Crippen LogP contribution in [0.1, 0.15) is 36.8 Å². The van der Waals surface area contributed by atoms with Gasteiger partial charge in [-0.1, -0.05) is 12.1 Å². The number of ether oxygens (including phenoxy) is 1. The van der Waals surface area contributed by atoms with Crippen LogP contribution in [0, 0.1) is 13.8 Å². The van der Waals surface area contributed by atoms with Gasteiger partial charge in [0, 0.05) is 18.6 Å². The summed E-state index contributed by atoms with van der Waals surface area (Å²) in [7, 11) is 0. The molecule has 0 spiro atoms. The molecule has 3 rings (SSSR count). The Morgan fingerprint density at radius 2 is 2.09 bits per heavy atom. The van der Waals surface area contributed by atoms with Crippen molar-refractivity contribution in [1.29, 1.82) is 0 Å². The number of rotatable bonds is 4. The van der Waals surface area contributed by atoms with Gasteiger partial charge in [-0.3, -0.25) is 4.79 Å². The van der Waals surface area contributed by atoms with E-state index < -0.39 is 0 Å². The molecule has 4 heteroatoms. The summed E-state index contributed by atoms with van der Waals surface area (Å²) in [4.78, 5) is 14.7. The summed E-state index contributed by atoms with van der Waals surface area (Å²) in [5.41, 5.74) is 2.31. The minimum absolute atomic E-state index is 0.251. The van der Waals surface area contributed by atoms with Gasteiger partial charge in [-0.2, -0.15) is 0 Å². The maximum absolute atomic E-state index is 12.6. The van der Waals surface area contributed by atoms with Gasteiger partial charge in [-0.15, -0.1) is 0 Å². The minimum atomic E-state index is 0.251. The summed E-state index contributed by atoms with van der Waals surface area (Å²) < 4.78 is 5.84. The minimum Gasteiger partial charge on any atom is -0.493 e. The molecule has 2 saturated heterocycles. The molecule has 1 aromatic rings. The number of fused-ring (bicyclic) bond motifs is 2. The molecule has 2 fully saturated rings. The summed E-state index contributed by atoms with van der Waals surface area (Å²) in [6.45, 7) is 6.53. The largest absolute Gasteiger partial charge is 0.493 e. The Balaban J connectivity index is 1.55. The van der Waals surface area contributed by atoms with Crippen molar-refractivity contribution >= 4 is 5.91 Å². The fraction of sp³-hybridized carbons (Fsp3) is 0.611. The second-order valence-electron chi connectivity index (χ2n) is 6.55. The average molecular weight is 302 g/mol. The van der Waals surface area contributed by atoms with Crippen LogP contribution in [0.5, 0.6) is 5.75 Å². The first kappa shape index (κ1) is 15.3. The predicted molar refractivity (Wildman–Crippen MR) is 87.2 cm³/mol. The van der Waals surface area contributed by atoms with E-state index in [0.29, 0.717) is 25.1 Å². The first-order valence-corrected chi connectivity index (χ1v) is 8.37. The van der Waals surface area contributed by atoms with E-state index in [1.165, 1.54) is 5.56 Å². The van der Waals surface area contributed by atoms with E-state index in [-0.39, 0.29) is 5.91 Å². The monoisotopic (exact) mass is 302 g/mol. The number of carbonyl (C=O) groups is 1. The lowest BCUT2D eigenvalue weighted by Crippen LogP contribution is -2.42. The zero-order valence-electron chi connectivity index (χ0n) is 13.6. The van der Waals surface area contributed by atoms with E-state index in [9.17, 15) is 4.79 Å². The summed E-state index contributed by atoms with van der Waals surface area (Å²) in [5.74, 6) is 1.15. The molecule has 120 valence electrons. The molecule has 2 bridgehead atoms. The Hall–Kier alpha value is -1.55. The number of benzene rings is 1. The molecule has 2 atom stereocenters. The lowest BCUT2D eigenvalue weighted by molar-refractivity contribution is -0.134. The van der Waals surface area contributed by atoms with Crippen LogP contribution in [0.15, 0.2) is 18.2 Å². The maximum atomic E-state index is 12.6. The number of hydrogen-bond acceptors (Lipinski definition) is 3. The third kappa shape index (κ3) is 3.27. The highest BCUT2D eigenvalue weighted by atomic mass is 16.5. The molecule has 0 aromatic heterocycles. The molecule has 2 heterocycles. The molecule has 22 heavy (non-hydrogen) atoms. The molecule has 2 aliphatic rings. The van der Waals surface area contributed by atoms with Crippen LogP contribution in [0.2, 0.25) is 0 Å². The van der Waals surface area contributed by atoms with Crippen LogP contribution in [-0.2, 0) is 4.79 Å². The van der Waals surface area contributed by atoms with Crippen LogP contribution < -0.4 is 10.1 Å². The fourth-order valence-corrected chi connectivity index (χ4v) is 3.63. The number of aryl methyl sites for hydroxylation is 2. The highest BCUT2D eigenvalue weighted by molar-refractivity contribution is 5.77. The quantitative estimate of drug-likeness (QED) is 0.929. The van der Waals surface area contributed by atoms with Gasteiger partial charge in [0.2, 0.25) is 5.91 Å². The third-order valence-electron chi connectivity index (χ3n) is 4.86. The van der Waals surface area contributed by atoms with Crippen molar-refractivity contribution in [2.24, 2.45) is 0 Å². The summed E-state index contributed by atoms with van der Waals surface area (Å²) in [5, 5.41) is 3.43. The molecular weight excluding hydrogens is 276 g/mol. The molecular formula is C18H26N2O2. The first-order chi connectivity index (χ1) is 10.6. The van der Waals surface area contributed by atoms with Crippen molar-refractivity contribution in [1.82, 2.24) is 10.2 Å². The molecule has 1 aromatic carbocycles. The van der Waals surface area contributed by atoms with E-state index in [2.05, 4.69) is 29.3 Å². The Bertz CT molecular complexity index is 530. The smallest absolute Gasteiger partial charge is 0.226 e. The highest BCUT2D eigenvalue weighted by Gasteiger charge is 2.37. The fourth-order valence-electron chi connectivity index (χ4n) is 3.63. The van der Waals surface area contributed by atoms with Crippen LogP contribution in [-0.4, -0.2) is 42.6 Å². The Labute approximate surface area is 132 Å². The number of nitrogens with zero attached hydrogens (tertiary/aromatic N) is 1. The number of amides is 1. The van der Waals surface area contributed by atoms with Crippen LogP contribution in [0.25, 0.3) is 0 Å². The van der Waals surface area contributed by atoms with Gasteiger partial charge in [-0.05, 0) is 56.8 Å². The molecule has 0 aliphatic carbocycles. The van der Waals surface area contributed by atoms with Gasteiger partial charge < -0.3 is 15.0 Å². The van der Waals surface area contributed by atoms with Crippen molar-refractivity contribution in [2.45, 2.75) is 51.6 Å². The van der Waals surface area contributed by atoms with Gasteiger partial charge in [0.05, 0.1) is 13.0 Å². The van der Waals surface area contributed by atoms with Gasteiger partial charge in [0.15, 0.2) is 0 Å². The number of nitrogens with one attached hydrogen (secondary N) is 1. The first-order valence-electron chi connectivity index (χ1n) is 8.37. The third-order valence-corrected chi connectivity index (χ3v) is 4.86. The van der Waals surface area contributed by atoms with Gasteiger partial charge in [0.25, 0.3) is 0 Å². The molecule has 2 aliphatic heterocycles. The van der Waals surface area contributed by atoms with Gasteiger partial charge >= 0.3 is 0 Å². The van der Waals surface area contributed by atoms with E-state index in [1.54, 1.807) is 0 Å². The van der Waals surface area contributed by atoms with Crippen LogP contribution in [0.4, 0.5) is 0 Å². The van der Waals surface area contributed by atoms with E-state index in [0.717, 1.165) is 43.7 Å². The SMILES string of the molecule is Cc1ccc(C)c(OCCC(=O)N2C3CCNCC2CC3)c1. The zero-order chi connectivity index (χ0) is 15.5. The predicted octanol–water partition coefficient (Wildman–Crippen LogP) is 2.43. The molecule has 4 nitrogen and oxygen atoms in total. The summed E-state index contributed by atoms with van der Waals surface area (Å²) in [6, 6.07) is 7.01. The normalized spacial score (nSPS) is 24.2. The van der Waals surface area contributed by atoms with E-state index in [1.807, 2.05) is 13.0 Å². The molecule has 1 amide bonds. The van der Waals surface area contributed by atoms with Crippen molar-refractivity contribution < 1.29 is 9.53 Å². The standard InChI is InChI=1S/C18H26N2O2/c1-13-3-4-14(2)17(11-13)22-10-8-18(21)20-15-5-6-16(20)12-19-9-7-15/h3-4,11,15-16,19H,5-10,12H2,1-2H3. The van der Waals surface area contributed by atoms with Gasteiger partial charge in [0.1, 0.15) is 5.75 Å². The molecule has 1 N–H and O–H groups in total. The lowest BCUT2D eigenvalue weighted by Gasteiger charge is -2.28. The zero-order valence-corrected chi connectivity index (χ0v) is 13.6. The van der Waals surface area contributed by atoms with E-state index in [4.69, 9.17) is 4.74 Å². The van der Waals surface area contributed by atoms with Crippen molar-refractivity contribution in [3.8, 4) is 5.75 Å². The second kappa shape index (κ2) is 6.69. The maximum Gasteiger partial charge on any atom is 0.226 e. The van der Waals surface area contributed by atoms with Crippen molar-refractivity contribution in [2.75, 3.05) is 19.7 Å². The van der Waals surface area contributed by atoms with E-state index >= 15 is 0 Å². The summed E-state index contributed by atoms with van der Waals surface area (Å²) >= 11 is 0. The molecule has 0 radical (unpaired) electrons. The summed E-state index contributed by atoms with van der Waals surface area (Å²) in [6.07, 6.45) is 3.86. The average Bonchev–Trinajstić information content (AvgIpc) is 2.76. The lowest BCUT2D eigenvalue weighted by atomic mass is 10.1.